The number of nitrogens with one attached hydrogen (secondary N) is 2. The van der Waals surface area contributed by atoms with E-state index in [0.29, 0.717) is 27.5 Å². The molecule has 0 spiro atoms. The van der Waals surface area contributed by atoms with Crippen LogP contribution in [-0.4, -0.2) is 42.1 Å². The highest BCUT2D eigenvalue weighted by atomic mass is 35.5. The van der Waals surface area contributed by atoms with Gasteiger partial charge in [-0.05, 0) is 32.3 Å². The van der Waals surface area contributed by atoms with Gasteiger partial charge in [-0.1, -0.05) is 29.3 Å². The third-order valence-electron chi connectivity index (χ3n) is 2.71. The number of hydrogen-bond acceptors (Lipinski definition) is 5. The van der Waals surface area contributed by atoms with Crippen LogP contribution in [0.1, 0.15) is 0 Å². The molecule has 7 heteroatoms. The fourth-order valence-electron chi connectivity index (χ4n) is 1.65. The van der Waals surface area contributed by atoms with Gasteiger partial charge in [-0.3, -0.25) is 0 Å². The highest BCUT2D eigenvalue weighted by Crippen LogP contribution is 2.31. The zero-order valence-corrected chi connectivity index (χ0v) is 13.4. The average molecular weight is 326 g/mol. The van der Waals surface area contributed by atoms with Crippen molar-refractivity contribution < 1.29 is 0 Å². The summed E-state index contributed by atoms with van der Waals surface area (Å²) in [6, 6.07) is 7.10. The fourth-order valence-corrected chi connectivity index (χ4v) is 2.14. The molecule has 2 N–H and O–H groups in total. The normalized spacial score (nSPS) is 10.7. The summed E-state index contributed by atoms with van der Waals surface area (Å²) in [6.07, 6.45) is 1.68. The molecule has 2 aromatic rings. The van der Waals surface area contributed by atoms with Crippen LogP contribution >= 0.6 is 23.2 Å². The summed E-state index contributed by atoms with van der Waals surface area (Å²) >= 11 is 12.3. The van der Waals surface area contributed by atoms with Crippen molar-refractivity contribution >= 4 is 40.7 Å². The first-order valence-electron chi connectivity index (χ1n) is 6.49. The number of anilines is 3. The molecular formula is C14H17Cl2N5. The summed E-state index contributed by atoms with van der Waals surface area (Å²) in [5.41, 5.74) is 0.638. The molecule has 5 nitrogen and oxygen atoms in total. The Morgan fingerprint density at radius 2 is 1.86 bits per heavy atom. The number of aromatic nitrogens is 2. The molecule has 1 heterocycles. The first-order valence-corrected chi connectivity index (χ1v) is 7.24. The van der Waals surface area contributed by atoms with Gasteiger partial charge in [0.15, 0.2) is 0 Å². The van der Waals surface area contributed by atoms with Crippen molar-refractivity contribution in [2.75, 3.05) is 37.8 Å². The Bertz CT molecular complexity index is 583. The van der Waals surface area contributed by atoms with Crippen LogP contribution < -0.4 is 10.6 Å². The van der Waals surface area contributed by atoms with E-state index in [2.05, 4.69) is 25.5 Å². The topological polar surface area (TPSA) is 53.1 Å². The molecule has 0 bridgehead atoms. The maximum atomic E-state index is 6.13. The van der Waals surface area contributed by atoms with Crippen molar-refractivity contribution in [2.45, 2.75) is 0 Å². The lowest BCUT2D eigenvalue weighted by Crippen LogP contribution is -2.21. The van der Waals surface area contributed by atoms with Gasteiger partial charge in [0, 0.05) is 19.3 Å². The van der Waals surface area contributed by atoms with Gasteiger partial charge in [0.05, 0.1) is 15.7 Å². The summed E-state index contributed by atoms with van der Waals surface area (Å²) < 4.78 is 0. The van der Waals surface area contributed by atoms with Crippen LogP contribution in [0.25, 0.3) is 0 Å². The third kappa shape index (κ3) is 4.74. The van der Waals surface area contributed by atoms with E-state index < -0.39 is 0 Å². The molecule has 0 saturated carbocycles. The van der Waals surface area contributed by atoms with E-state index in [1.54, 1.807) is 30.5 Å². The second-order valence-corrected chi connectivity index (χ2v) is 5.53. The molecule has 0 fully saturated rings. The lowest BCUT2D eigenvalue weighted by molar-refractivity contribution is 0.425. The molecule has 0 unspecified atom stereocenters. The number of nitrogens with zero attached hydrogens (tertiary/aromatic N) is 3. The predicted octanol–water partition coefficient (Wildman–Crippen LogP) is 3.50. The first kappa shape index (κ1) is 15.8. The minimum Gasteiger partial charge on any atom is -0.353 e. The van der Waals surface area contributed by atoms with Gasteiger partial charge in [-0.25, -0.2) is 4.98 Å². The Hall–Kier alpha value is -1.56. The largest absolute Gasteiger partial charge is 0.353 e. The molecule has 0 saturated heterocycles. The van der Waals surface area contributed by atoms with Crippen LogP contribution in [0.15, 0.2) is 30.5 Å². The van der Waals surface area contributed by atoms with Crippen molar-refractivity contribution in [3.63, 3.8) is 0 Å². The Morgan fingerprint density at radius 3 is 2.52 bits per heavy atom. The highest BCUT2D eigenvalue weighted by Gasteiger charge is 2.07. The average Bonchev–Trinajstić information content (AvgIpc) is 2.43. The molecule has 0 atom stereocenters. The Morgan fingerprint density at radius 1 is 1.14 bits per heavy atom. The lowest BCUT2D eigenvalue weighted by atomic mass is 10.3. The standard InChI is InChI=1S/C14H17Cl2N5/c1-21(2)9-8-18-14-17-7-6-12(20-14)19-13-10(15)4-3-5-11(13)16/h3-7H,8-9H2,1-2H3,(H2,17,18,19,20). The monoisotopic (exact) mass is 325 g/mol. The summed E-state index contributed by atoms with van der Waals surface area (Å²) in [6.45, 7) is 1.67. The number of likely N-dealkylation sites (N-methyl/N-ethyl adjacent to an activating group) is 1. The molecule has 21 heavy (non-hydrogen) atoms. The highest BCUT2D eigenvalue weighted by molar-refractivity contribution is 6.39. The van der Waals surface area contributed by atoms with Crippen LogP contribution in [0.2, 0.25) is 10.0 Å². The smallest absolute Gasteiger partial charge is 0.224 e. The van der Waals surface area contributed by atoms with E-state index in [1.165, 1.54) is 0 Å². The molecular weight excluding hydrogens is 309 g/mol. The van der Waals surface area contributed by atoms with Gasteiger partial charge in [0.25, 0.3) is 0 Å². The molecule has 1 aromatic heterocycles. The number of para-hydroxylation sites is 1. The van der Waals surface area contributed by atoms with Crippen LogP contribution in [0, 0.1) is 0 Å². The SMILES string of the molecule is CN(C)CCNc1nccc(Nc2c(Cl)cccc2Cl)n1. The van der Waals surface area contributed by atoms with Crippen LogP contribution in [-0.2, 0) is 0 Å². The molecule has 0 aliphatic heterocycles. The Kier molecular flexibility index (Phi) is 5.61. The molecule has 112 valence electrons. The maximum absolute atomic E-state index is 6.13. The van der Waals surface area contributed by atoms with Crippen molar-refractivity contribution in [3.8, 4) is 0 Å². The van der Waals surface area contributed by atoms with Gasteiger partial charge in [-0.2, -0.15) is 4.98 Å². The van der Waals surface area contributed by atoms with Gasteiger partial charge in [-0.15, -0.1) is 0 Å². The minimum atomic E-state index is 0.545. The maximum Gasteiger partial charge on any atom is 0.224 e. The van der Waals surface area contributed by atoms with Gasteiger partial charge in [0.1, 0.15) is 5.82 Å². The Balaban J connectivity index is 2.07. The molecule has 1 aromatic carbocycles. The van der Waals surface area contributed by atoms with Gasteiger partial charge >= 0.3 is 0 Å². The number of benzene rings is 1. The number of hydrogen-bond donors (Lipinski definition) is 2. The van der Waals surface area contributed by atoms with Crippen LogP contribution in [0.3, 0.4) is 0 Å². The summed E-state index contributed by atoms with van der Waals surface area (Å²) in [5, 5.41) is 7.37. The van der Waals surface area contributed by atoms with Crippen LogP contribution in [0.4, 0.5) is 17.5 Å². The third-order valence-corrected chi connectivity index (χ3v) is 3.34. The van der Waals surface area contributed by atoms with Crippen molar-refractivity contribution in [2.24, 2.45) is 0 Å². The lowest BCUT2D eigenvalue weighted by Gasteiger charge is -2.12. The van der Waals surface area contributed by atoms with E-state index in [-0.39, 0.29) is 0 Å². The predicted molar refractivity (Wildman–Crippen MR) is 88.8 cm³/mol. The van der Waals surface area contributed by atoms with E-state index in [9.17, 15) is 0 Å². The molecule has 0 aliphatic carbocycles. The van der Waals surface area contributed by atoms with Crippen molar-refractivity contribution in [1.82, 2.24) is 14.9 Å². The quantitative estimate of drug-likeness (QED) is 0.851. The number of halogens is 2. The first-order chi connectivity index (χ1) is 10.1. The summed E-state index contributed by atoms with van der Waals surface area (Å²) in [4.78, 5) is 10.6. The number of rotatable bonds is 6. The molecule has 0 aliphatic rings. The zero-order chi connectivity index (χ0) is 15.2. The van der Waals surface area contributed by atoms with E-state index in [1.807, 2.05) is 14.1 Å². The second kappa shape index (κ2) is 7.45. The van der Waals surface area contributed by atoms with Gasteiger partial charge in [0.2, 0.25) is 5.95 Å². The van der Waals surface area contributed by atoms with Crippen LogP contribution in [0.5, 0.6) is 0 Å². The van der Waals surface area contributed by atoms with Crippen molar-refractivity contribution in [3.05, 3.63) is 40.5 Å². The summed E-state index contributed by atoms with van der Waals surface area (Å²) in [7, 11) is 4.03. The fraction of sp³-hybridized carbons (Fsp3) is 0.286. The molecule has 2 rings (SSSR count). The zero-order valence-electron chi connectivity index (χ0n) is 11.9. The van der Waals surface area contributed by atoms with Crippen molar-refractivity contribution in [1.29, 1.82) is 0 Å². The molecule has 0 radical (unpaired) electrons. The summed E-state index contributed by atoms with van der Waals surface area (Å²) in [5.74, 6) is 1.19. The molecule has 0 amide bonds. The van der Waals surface area contributed by atoms with E-state index in [0.717, 1.165) is 13.1 Å². The Labute approximate surface area is 134 Å². The van der Waals surface area contributed by atoms with E-state index in [4.69, 9.17) is 23.2 Å². The second-order valence-electron chi connectivity index (χ2n) is 4.72. The minimum absolute atomic E-state index is 0.545. The van der Waals surface area contributed by atoms with E-state index >= 15 is 0 Å². The van der Waals surface area contributed by atoms with Gasteiger partial charge < -0.3 is 15.5 Å².